The van der Waals surface area contributed by atoms with E-state index < -0.39 is 5.82 Å². The highest BCUT2D eigenvalue weighted by Crippen LogP contribution is 2.36. The maximum atomic E-state index is 16.1. The zero-order valence-corrected chi connectivity index (χ0v) is 21.8. The average Bonchev–Trinajstić information content (AvgIpc) is 3.72. The van der Waals surface area contributed by atoms with Gasteiger partial charge in [0.25, 0.3) is 0 Å². The van der Waals surface area contributed by atoms with Crippen LogP contribution in [0.1, 0.15) is 11.1 Å². The van der Waals surface area contributed by atoms with Gasteiger partial charge in [0.1, 0.15) is 22.7 Å². The van der Waals surface area contributed by atoms with Crippen molar-refractivity contribution in [1.82, 2.24) is 35.5 Å². The second-order valence-electron chi connectivity index (χ2n) is 9.34. The van der Waals surface area contributed by atoms with Crippen molar-refractivity contribution in [3.05, 3.63) is 107 Å². The van der Waals surface area contributed by atoms with Gasteiger partial charge in [-0.1, -0.05) is 30.3 Å². The van der Waals surface area contributed by atoms with Crippen LogP contribution in [-0.4, -0.2) is 30.1 Å². The summed E-state index contributed by atoms with van der Waals surface area (Å²) < 4.78 is 29.8. The average molecular weight is 550 g/mol. The molecule has 0 amide bonds. The highest BCUT2D eigenvalue weighted by molar-refractivity contribution is 7.13. The molecule has 0 spiro atoms. The zero-order valence-electron chi connectivity index (χ0n) is 21.0. The second kappa shape index (κ2) is 10.1. The quantitative estimate of drug-likeness (QED) is 0.202. The van der Waals surface area contributed by atoms with Gasteiger partial charge in [-0.25, -0.2) is 9.37 Å². The Labute approximate surface area is 231 Å². The maximum Gasteiger partial charge on any atom is 0.177 e. The van der Waals surface area contributed by atoms with Gasteiger partial charge in [0.05, 0.1) is 21.3 Å². The van der Waals surface area contributed by atoms with E-state index in [1.807, 2.05) is 24.3 Å². The summed E-state index contributed by atoms with van der Waals surface area (Å²) in [5.41, 5.74) is 5.93. The highest BCUT2D eigenvalue weighted by Gasteiger charge is 2.21. The van der Waals surface area contributed by atoms with Gasteiger partial charge in [-0.05, 0) is 47.5 Å². The summed E-state index contributed by atoms with van der Waals surface area (Å²) in [6.45, 7) is 1.32. The maximum absolute atomic E-state index is 16.1. The fourth-order valence-electron chi connectivity index (χ4n) is 4.82. The van der Waals surface area contributed by atoms with E-state index in [4.69, 9.17) is 4.98 Å². The first-order chi connectivity index (χ1) is 19.6. The van der Waals surface area contributed by atoms with Crippen LogP contribution in [0.2, 0.25) is 0 Å². The summed E-state index contributed by atoms with van der Waals surface area (Å²) in [7, 11) is 0. The minimum atomic E-state index is -0.420. The third-order valence-electron chi connectivity index (χ3n) is 6.71. The van der Waals surface area contributed by atoms with Crippen molar-refractivity contribution >= 4 is 33.3 Å². The minimum Gasteiger partial charge on any atom is -0.336 e. The van der Waals surface area contributed by atoms with Crippen molar-refractivity contribution in [2.45, 2.75) is 13.1 Å². The molecule has 0 aliphatic carbocycles. The van der Waals surface area contributed by atoms with Crippen molar-refractivity contribution in [2.75, 3.05) is 0 Å². The van der Waals surface area contributed by atoms with E-state index >= 15 is 4.39 Å². The minimum absolute atomic E-state index is 0.303. The largest absolute Gasteiger partial charge is 0.336 e. The molecular weight excluding hydrogens is 528 g/mol. The van der Waals surface area contributed by atoms with Gasteiger partial charge in [-0.3, -0.25) is 15.1 Å². The van der Waals surface area contributed by atoms with Crippen LogP contribution in [0.4, 0.5) is 8.78 Å². The summed E-state index contributed by atoms with van der Waals surface area (Å²) in [4.78, 5) is 17.4. The molecule has 5 aromatic heterocycles. The van der Waals surface area contributed by atoms with E-state index in [-0.39, 0.29) is 5.13 Å². The number of hydrogen-bond donors (Lipinski definition) is 3. The standard InChI is InChI=1S/C30H21F2N7S/c31-24-9-8-23(40-24)28-27-22(10-11-35-28)36-30(37-27)29-25-21(38-39-29)7-6-20(26(25)32)19-12-18(15-34-16-19)14-33-13-17-4-2-1-3-5-17/h1-12,15-16,33H,13-14H2,(H,36,37)(H,38,39). The van der Waals surface area contributed by atoms with Crippen LogP contribution in [0.5, 0.6) is 0 Å². The van der Waals surface area contributed by atoms with E-state index in [1.54, 1.807) is 42.9 Å². The summed E-state index contributed by atoms with van der Waals surface area (Å²) >= 11 is 0.996. The van der Waals surface area contributed by atoms with Crippen LogP contribution in [0, 0.1) is 10.9 Å². The number of nitrogens with zero attached hydrogens (tertiary/aromatic N) is 4. The molecule has 7 nitrogen and oxygen atoms in total. The summed E-state index contributed by atoms with van der Waals surface area (Å²) in [5, 5.41) is 10.7. The molecule has 0 aliphatic rings. The molecule has 2 aromatic carbocycles. The topological polar surface area (TPSA) is 95.2 Å². The molecule has 40 heavy (non-hydrogen) atoms. The Balaban J connectivity index is 1.23. The Bertz CT molecular complexity index is 1980. The number of halogens is 2. The molecule has 0 radical (unpaired) electrons. The second-order valence-corrected chi connectivity index (χ2v) is 10.4. The van der Waals surface area contributed by atoms with Crippen LogP contribution in [0.15, 0.2) is 85.3 Å². The van der Waals surface area contributed by atoms with Gasteiger partial charge in [-0.2, -0.15) is 9.49 Å². The molecule has 5 heterocycles. The van der Waals surface area contributed by atoms with Crippen molar-refractivity contribution < 1.29 is 8.78 Å². The predicted octanol–water partition coefficient (Wildman–Crippen LogP) is 6.86. The van der Waals surface area contributed by atoms with Crippen molar-refractivity contribution in [1.29, 1.82) is 0 Å². The molecule has 0 bridgehead atoms. The molecule has 7 rings (SSSR count). The fraction of sp³-hybridized carbons (Fsp3) is 0.0667. The van der Waals surface area contributed by atoms with Gasteiger partial charge in [0.15, 0.2) is 11.0 Å². The number of hydrogen-bond acceptors (Lipinski definition) is 6. The van der Waals surface area contributed by atoms with Crippen LogP contribution in [0.3, 0.4) is 0 Å². The number of thiophene rings is 1. The summed E-state index contributed by atoms with van der Waals surface area (Å²) in [5.74, 6) is -0.0304. The number of aromatic amines is 2. The Morgan fingerprint density at radius 3 is 2.58 bits per heavy atom. The van der Waals surface area contributed by atoms with Crippen LogP contribution in [-0.2, 0) is 13.1 Å². The van der Waals surface area contributed by atoms with Gasteiger partial charge in [0, 0.05) is 42.8 Å². The van der Waals surface area contributed by atoms with E-state index in [2.05, 4.69) is 42.6 Å². The SMILES string of the molecule is Fc1ccc(-c2nccc3[nH]c(-c4n[nH]c5ccc(-c6cncc(CNCc7ccccc7)c6)c(F)c45)nc23)s1. The number of imidazole rings is 1. The van der Waals surface area contributed by atoms with Crippen LogP contribution < -0.4 is 5.32 Å². The van der Waals surface area contributed by atoms with Gasteiger partial charge < -0.3 is 10.3 Å². The molecule has 3 N–H and O–H groups in total. The number of benzene rings is 2. The highest BCUT2D eigenvalue weighted by atomic mass is 32.1. The summed E-state index contributed by atoms with van der Waals surface area (Å²) in [6.07, 6.45) is 5.07. The lowest BCUT2D eigenvalue weighted by Gasteiger charge is -2.09. The fourth-order valence-corrected chi connectivity index (χ4v) is 5.54. The number of aromatic nitrogens is 6. The third-order valence-corrected chi connectivity index (χ3v) is 7.59. The van der Waals surface area contributed by atoms with Gasteiger partial charge in [0.2, 0.25) is 0 Å². The Morgan fingerprint density at radius 1 is 0.850 bits per heavy atom. The first-order valence-corrected chi connectivity index (χ1v) is 13.4. The van der Waals surface area contributed by atoms with E-state index in [9.17, 15) is 4.39 Å². The number of rotatable bonds is 7. The number of fused-ring (bicyclic) bond motifs is 2. The number of nitrogens with one attached hydrogen (secondary N) is 3. The number of H-pyrrole nitrogens is 2. The van der Waals surface area contributed by atoms with E-state index in [1.165, 1.54) is 11.6 Å². The molecular formula is C30H21F2N7S. The zero-order chi connectivity index (χ0) is 27.1. The smallest absolute Gasteiger partial charge is 0.177 e. The molecule has 0 atom stereocenters. The molecule has 10 heteroatoms. The molecule has 0 saturated heterocycles. The molecule has 0 unspecified atom stereocenters. The van der Waals surface area contributed by atoms with Crippen LogP contribution >= 0.6 is 11.3 Å². The first-order valence-electron chi connectivity index (χ1n) is 12.6. The monoisotopic (exact) mass is 549 g/mol. The Kier molecular flexibility index (Phi) is 6.10. The number of pyridine rings is 2. The molecule has 196 valence electrons. The molecule has 7 aromatic rings. The lowest BCUT2D eigenvalue weighted by molar-refractivity contribution is 0.643. The van der Waals surface area contributed by atoms with E-state index in [0.717, 1.165) is 23.4 Å². The first kappa shape index (κ1) is 24.3. The normalized spacial score (nSPS) is 11.6. The molecule has 0 saturated carbocycles. The third kappa shape index (κ3) is 4.42. The lowest BCUT2D eigenvalue weighted by atomic mass is 10.0. The molecule has 0 aliphatic heterocycles. The van der Waals surface area contributed by atoms with Crippen molar-refractivity contribution in [2.24, 2.45) is 0 Å². The predicted molar refractivity (Wildman–Crippen MR) is 152 cm³/mol. The van der Waals surface area contributed by atoms with Crippen LogP contribution in [0.25, 0.3) is 55.2 Å². The molecule has 0 fully saturated rings. The van der Waals surface area contributed by atoms with Crippen molar-refractivity contribution in [3.8, 4) is 33.2 Å². The lowest BCUT2D eigenvalue weighted by Crippen LogP contribution is -2.12. The van der Waals surface area contributed by atoms with Gasteiger partial charge >= 0.3 is 0 Å². The van der Waals surface area contributed by atoms with Crippen molar-refractivity contribution in [3.63, 3.8) is 0 Å². The Morgan fingerprint density at radius 2 is 1.73 bits per heavy atom. The Hall–Kier alpha value is -4.80. The van der Waals surface area contributed by atoms with E-state index in [0.29, 0.717) is 61.7 Å². The summed E-state index contributed by atoms with van der Waals surface area (Å²) in [6, 6.07) is 20.4. The van der Waals surface area contributed by atoms with Gasteiger partial charge in [-0.15, -0.1) is 11.3 Å².